The molecule has 0 radical (unpaired) electrons. The number of hydrogen-bond acceptors (Lipinski definition) is 4. The number of fused-ring (bicyclic) bond motifs is 1. The quantitative estimate of drug-likeness (QED) is 0.557. The van der Waals surface area contributed by atoms with Gasteiger partial charge in [-0.1, -0.05) is 6.07 Å². The van der Waals surface area contributed by atoms with Crippen LogP contribution in [0.4, 0.5) is 0 Å². The Labute approximate surface area is 150 Å². The highest BCUT2D eigenvalue weighted by Gasteiger charge is 2.28. The molecule has 1 fully saturated rings. The van der Waals surface area contributed by atoms with E-state index in [4.69, 9.17) is 14.5 Å². The van der Waals surface area contributed by atoms with Crippen molar-refractivity contribution in [1.29, 1.82) is 0 Å². The molecule has 3 rings (SSSR count). The molecule has 2 N–H and O–H groups in total. The largest absolute Gasteiger partial charge is 0.454 e. The summed E-state index contributed by atoms with van der Waals surface area (Å²) in [7, 11) is 2.21. The zero-order valence-corrected chi connectivity index (χ0v) is 15.5. The van der Waals surface area contributed by atoms with Gasteiger partial charge in [0.05, 0.1) is 6.54 Å². The van der Waals surface area contributed by atoms with Crippen LogP contribution in [0.3, 0.4) is 0 Å². The molecular formula is C19H30N4O2. The number of ether oxygens (including phenoxy) is 2. The molecule has 25 heavy (non-hydrogen) atoms. The Kier molecular flexibility index (Phi) is 6.02. The molecule has 2 aliphatic rings. The standard InChI is InChI=1S/C19H30N4O2/c1-4-20-19(22-12-14(2)23(3)16-6-7-16)21-10-9-15-5-8-17-18(11-15)25-13-24-17/h5,8,11,14,16H,4,6-7,9-10,12-13H2,1-3H3,(H2,20,21,22). The van der Waals surface area contributed by atoms with Crippen molar-refractivity contribution in [2.45, 2.75) is 45.2 Å². The van der Waals surface area contributed by atoms with Crippen LogP contribution in [-0.2, 0) is 6.42 Å². The molecule has 1 aromatic rings. The molecule has 6 nitrogen and oxygen atoms in total. The second-order valence-corrected chi connectivity index (χ2v) is 6.83. The first kappa shape index (κ1) is 17.9. The summed E-state index contributed by atoms with van der Waals surface area (Å²) in [5.74, 6) is 2.56. The minimum Gasteiger partial charge on any atom is -0.454 e. The van der Waals surface area contributed by atoms with Crippen molar-refractivity contribution in [3.63, 3.8) is 0 Å². The number of hydrogen-bond donors (Lipinski definition) is 2. The summed E-state index contributed by atoms with van der Waals surface area (Å²) in [6.45, 7) is 7.17. The Balaban J connectivity index is 1.46. The van der Waals surface area contributed by atoms with E-state index in [2.05, 4.69) is 48.6 Å². The average molecular weight is 346 g/mol. The predicted octanol–water partition coefficient (Wildman–Crippen LogP) is 2.00. The zero-order chi connectivity index (χ0) is 17.6. The maximum absolute atomic E-state index is 5.43. The number of likely N-dealkylation sites (N-methyl/N-ethyl adjacent to an activating group) is 1. The first-order chi connectivity index (χ1) is 12.2. The fourth-order valence-corrected chi connectivity index (χ4v) is 2.96. The van der Waals surface area contributed by atoms with Crippen LogP contribution in [0, 0.1) is 0 Å². The molecule has 1 aliphatic heterocycles. The van der Waals surface area contributed by atoms with Crippen molar-refractivity contribution >= 4 is 5.96 Å². The van der Waals surface area contributed by atoms with Crippen LogP contribution in [0.1, 0.15) is 32.3 Å². The van der Waals surface area contributed by atoms with Gasteiger partial charge in [-0.2, -0.15) is 0 Å². The van der Waals surface area contributed by atoms with E-state index >= 15 is 0 Å². The van der Waals surface area contributed by atoms with E-state index in [0.717, 1.165) is 49.6 Å². The fourth-order valence-electron chi connectivity index (χ4n) is 2.96. The number of aliphatic imine (C=N–C) groups is 1. The van der Waals surface area contributed by atoms with Gasteiger partial charge in [-0.25, -0.2) is 0 Å². The van der Waals surface area contributed by atoms with E-state index in [1.54, 1.807) is 0 Å². The normalized spacial score (nSPS) is 17.7. The van der Waals surface area contributed by atoms with Gasteiger partial charge >= 0.3 is 0 Å². The average Bonchev–Trinajstić information content (AvgIpc) is 3.36. The van der Waals surface area contributed by atoms with E-state index in [-0.39, 0.29) is 0 Å². The van der Waals surface area contributed by atoms with Gasteiger partial charge in [0, 0.05) is 25.2 Å². The third-order valence-electron chi connectivity index (χ3n) is 4.82. The summed E-state index contributed by atoms with van der Waals surface area (Å²) >= 11 is 0. The highest BCUT2D eigenvalue weighted by molar-refractivity contribution is 5.79. The highest BCUT2D eigenvalue weighted by Crippen LogP contribution is 2.32. The van der Waals surface area contributed by atoms with Crippen LogP contribution in [0.2, 0.25) is 0 Å². The lowest BCUT2D eigenvalue weighted by Gasteiger charge is -2.23. The molecule has 1 heterocycles. The second kappa shape index (κ2) is 8.43. The monoisotopic (exact) mass is 346 g/mol. The number of guanidine groups is 1. The van der Waals surface area contributed by atoms with Gasteiger partial charge in [-0.05, 0) is 57.9 Å². The SMILES string of the molecule is CCNC(=NCC(C)N(C)C1CC1)NCCc1ccc2c(c1)OCO2. The number of benzene rings is 1. The lowest BCUT2D eigenvalue weighted by atomic mass is 10.1. The molecule has 0 spiro atoms. The van der Waals surface area contributed by atoms with Crippen LogP contribution >= 0.6 is 0 Å². The van der Waals surface area contributed by atoms with Crippen molar-refractivity contribution in [3.05, 3.63) is 23.8 Å². The summed E-state index contributed by atoms with van der Waals surface area (Å²) in [4.78, 5) is 7.19. The molecule has 1 atom stereocenters. The Morgan fingerprint density at radius 2 is 2.08 bits per heavy atom. The lowest BCUT2D eigenvalue weighted by molar-refractivity contribution is 0.174. The Hall–Kier alpha value is -1.95. The van der Waals surface area contributed by atoms with E-state index < -0.39 is 0 Å². The van der Waals surface area contributed by atoms with E-state index in [1.165, 1.54) is 18.4 Å². The Morgan fingerprint density at radius 1 is 1.28 bits per heavy atom. The van der Waals surface area contributed by atoms with Gasteiger partial charge < -0.3 is 20.1 Å². The van der Waals surface area contributed by atoms with Crippen LogP contribution in [-0.4, -0.2) is 56.4 Å². The van der Waals surface area contributed by atoms with E-state index in [1.807, 2.05) is 6.07 Å². The minimum atomic E-state index is 0.321. The topological polar surface area (TPSA) is 58.1 Å². The van der Waals surface area contributed by atoms with Crippen molar-refractivity contribution < 1.29 is 9.47 Å². The van der Waals surface area contributed by atoms with Crippen LogP contribution in [0.15, 0.2) is 23.2 Å². The van der Waals surface area contributed by atoms with Gasteiger partial charge in [0.25, 0.3) is 0 Å². The fraction of sp³-hybridized carbons (Fsp3) is 0.632. The predicted molar refractivity (Wildman–Crippen MR) is 100 cm³/mol. The third kappa shape index (κ3) is 5.01. The van der Waals surface area contributed by atoms with E-state index in [9.17, 15) is 0 Å². The van der Waals surface area contributed by atoms with Gasteiger partial charge in [0.1, 0.15) is 0 Å². The Morgan fingerprint density at radius 3 is 2.84 bits per heavy atom. The van der Waals surface area contributed by atoms with Crippen molar-refractivity contribution in [1.82, 2.24) is 15.5 Å². The second-order valence-electron chi connectivity index (χ2n) is 6.83. The highest BCUT2D eigenvalue weighted by atomic mass is 16.7. The van der Waals surface area contributed by atoms with Crippen LogP contribution in [0.25, 0.3) is 0 Å². The van der Waals surface area contributed by atoms with Crippen LogP contribution in [0.5, 0.6) is 11.5 Å². The smallest absolute Gasteiger partial charge is 0.231 e. The maximum atomic E-state index is 5.43. The molecule has 6 heteroatoms. The van der Waals surface area contributed by atoms with Gasteiger partial charge in [0.2, 0.25) is 6.79 Å². The first-order valence-electron chi connectivity index (χ1n) is 9.30. The first-order valence-corrected chi connectivity index (χ1v) is 9.30. The number of rotatable bonds is 8. The molecule has 1 aromatic carbocycles. The number of nitrogens with zero attached hydrogens (tertiary/aromatic N) is 2. The molecule has 0 amide bonds. The van der Waals surface area contributed by atoms with Crippen LogP contribution < -0.4 is 20.1 Å². The number of nitrogens with one attached hydrogen (secondary N) is 2. The van der Waals surface area contributed by atoms with Crippen molar-refractivity contribution in [3.8, 4) is 11.5 Å². The molecule has 1 saturated carbocycles. The van der Waals surface area contributed by atoms with Gasteiger partial charge in [-0.15, -0.1) is 0 Å². The molecule has 0 aromatic heterocycles. The molecule has 1 aliphatic carbocycles. The summed E-state index contributed by atoms with van der Waals surface area (Å²) in [6, 6.07) is 7.36. The van der Waals surface area contributed by atoms with Crippen molar-refractivity contribution in [2.75, 3.05) is 33.5 Å². The van der Waals surface area contributed by atoms with E-state index in [0.29, 0.717) is 12.8 Å². The molecular weight excluding hydrogens is 316 g/mol. The molecule has 0 bridgehead atoms. The molecule has 138 valence electrons. The maximum Gasteiger partial charge on any atom is 0.231 e. The van der Waals surface area contributed by atoms with Gasteiger partial charge in [0.15, 0.2) is 17.5 Å². The van der Waals surface area contributed by atoms with Crippen molar-refractivity contribution in [2.24, 2.45) is 4.99 Å². The summed E-state index contributed by atoms with van der Waals surface area (Å²) < 4.78 is 10.8. The minimum absolute atomic E-state index is 0.321. The molecule has 0 saturated heterocycles. The zero-order valence-electron chi connectivity index (χ0n) is 15.5. The summed E-state index contributed by atoms with van der Waals surface area (Å²) in [5, 5.41) is 6.75. The molecule has 1 unspecified atom stereocenters. The summed E-state index contributed by atoms with van der Waals surface area (Å²) in [6.07, 6.45) is 3.58. The Bertz CT molecular complexity index is 601. The van der Waals surface area contributed by atoms with Gasteiger partial charge in [-0.3, -0.25) is 9.89 Å². The third-order valence-corrected chi connectivity index (χ3v) is 4.82. The summed E-state index contributed by atoms with van der Waals surface area (Å²) in [5.41, 5.74) is 1.23. The lowest BCUT2D eigenvalue weighted by Crippen LogP contribution is -2.40.